The fraction of sp³-hybridized carbons (Fsp3) is 0.682. The van der Waals surface area contributed by atoms with E-state index in [4.69, 9.17) is 0 Å². The first-order valence-electron chi connectivity index (χ1n) is 10.0. The second-order valence-electron chi connectivity index (χ2n) is 7.25. The van der Waals surface area contributed by atoms with Crippen molar-refractivity contribution in [3.63, 3.8) is 0 Å². The molecular weight excluding hydrogens is 294 g/mol. The van der Waals surface area contributed by atoms with Gasteiger partial charge in [-0.15, -0.1) is 0 Å². The molecule has 0 saturated heterocycles. The van der Waals surface area contributed by atoms with Gasteiger partial charge in [-0.05, 0) is 50.8 Å². The summed E-state index contributed by atoms with van der Waals surface area (Å²) in [5.41, 5.74) is 1.07. The average molecular weight is 330 g/mol. The van der Waals surface area contributed by atoms with Gasteiger partial charge in [0.25, 0.3) is 0 Å². The molecule has 2 nitrogen and oxygen atoms in total. The highest BCUT2D eigenvalue weighted by atomic mass is 16.1. The van der Waals surface area contributed by atoms with Crippen LogP contribution in [0.2, 0.25) is 0 Å². The van der Waals surface area contributed by atoms with Crippen molar-refractivity contribution in [2.45, 2.75) is 83.6 Å². The summed E-state index contributed by atoms with van der Waals surface area (Å²) < 4.78 is 0. The van der Waals surface area contributed by atoms with Crippen LogP contribution in [0.1, 0.15) is 77.7 Å². The summed E-state index contributed by atoms with van der Waals surface area (Å²) in [6.07, 6.45) is 8.57. The first kappa shape index (κ1) is 19.2. The molecule has 1 aliphatic rings. The number of rotatable bonds is 10. The minimum absolute atomic E-state index is 0.182. The van der Waals surface area contributed by atoms with E-state index in [-0.39, 0.29) is 5.41 Å². The third kappa shape index (κ3) is 4.27. The predicted octanol–water partition coefficient (Wildman–Crippen LogP) is 5.36. The van der Waals surface area contributed by atoms with Gasteiger partial charge in [0.1, 0.15) is 5.78 Å². The summed E-state index contributed by atoms with van der Waals surface area (Å²) >= 11 is 0. The summed E-state index contributed by atoms with van der Waals surface area (Å²) in [6.45, 7) is 8.96. The van der Waals surface area contributed by atoms with Crippen LogP contribution in [-0.2, 0) is 10.2 Å². The van der Waals surface area contributed by atoms with Crippen molar-refractivity contribution in [1.82, 2.24) is 4.90 Å². The molecule has 1 atom stereocenters. The number of benzene rings is 1. The summed E-state index contributed by atoms with van der Waals surface area (Å²) in [6, 6.07) is 11.2. The molecule has 0 bridgehead atoms. The van der Waals surface area contributed by atoms with E-state index in [2.05, 4.69) is 49.9 Å². The van der Waals surface area contributed by atoms with Crippen molar-refractivity contribution in [2.24, 2.45) is 0 Å². The van der Waals surface area contributed by atoms with Gasteiger partial charge in [0.05, 0.1) is 5.41 Å². The van der Waals surface area contributed by atoms with Crippen LogP contribution in [0, 0.1) is 0 Å². The smallest absolute Gasteiger partial charge is 0.143 e. The van der Waals surface area contributed by atoms with Gasteiger partial charge in [-0.2, -0.15) is 0 Å². The molecule has 2 heteroatoms. The monoisotopic (exact) mass is 329 g/mol. The number of nitrogens with zero attached hydrogens (tertiary/aromatic N) is 1. The van der Waals surface area contributed by atoms with Gasteiger partial charge in [-0.25, -0.2) is 0 Å². The highest BCUT2D eigenvalue weighted by Gasteiger charge is 2.41. The lowest BCUT2D eigenvalue weighted by atomic mass is 9.74. The molecule has 0 radical (unpaired) electrons. The standard InChI is InChI=1S/C22H35NO/c1-4-20(23(5-2)6-3)15-12-16-21(24)22(17-10-11-18-22)19-13-8-7-9-14-19/h7-9,13-14,20H,4-6,10-12,15-18H2,1-3H3. The second kappa shape index (κ2) is 9.36. The number of carbonyl (C=O) groups excluding carboxylic acids is 1. The number of hydrogen-bond acceptors (Lipinski definition) is 2. The minimum atomic E-state index is -0.182. The van der Waals surface area contributed by atoms with E-state index < -0.39 is 0 Å². The predicted molar refractivity (Wildman–Crippen MR) is 102 cm³/mol. The Labute approximate surface area is 148 Å². The minimum Gasteiger partial charge on any atom is -0.301 e. The topological polar surface area (TPSA) is 20.3 Å². The van der Waals surface area contributed by atoms with E-state index in [1.807, 2.05) is 6.07 Å². The Bertz CT molecular complexity index is 486. The van der Waals surface area contributed by atoms with Crippen LogP contribution >= 0.6 is 0 Å². The van der Waals surface area contributed by atoms with Crippen molar-refractivity contribution >= 4 is 5.78 Å². The van der Waals surface area contributed by atoms with E-state index in [1.54, 1.807) is 0 Å². The maximum Gasteiger partial charge on any atom is 0.143 e. The molecule has 0 N–H and O–H groups in total. The Morgan fingerprint density at radius 2 is 1.71 bits per heavy atom. The van der Waals surface area contributed by atoms with E-state index in [0.717, 1.165) is 45.2 Å². The van der Waals surface area contributed by atoms with Crippen LogP contribution in [0.25, 0.3) is 0 Å². The summed E-state index contributed by atoms with van der Waals surface area (Å²) in [4.78, 5) is 15.7. The molecule has 0 heterocycles. The number of Topliss-reactive ketones (excluding diaryl/α,β-unsaturated/α-hetero) is 1. The van der Waals surface area contributed by atoms with E-state index in [0.29, 0.717) is 11.8 Å². The third-order valence-corrected chi connectivity index (χ3v) is 6.06. The molecule has 1 fully saturated rings. The van der Waals surface area contributed by atoms with Crippen molar-refractivity contribution in [1.29, 1.82) is 0 Å². The first-order chi connectivity index (χ1) is 11.7. The molecule has 1 aliphatic carbocycles. The molecule has 0 aliphatic heterocycles. The van der Waals surface area contributed by atoms with Crippen molar-refractivity contribution in [2.75, 3.05) is 13.1 Å². The molecule has 1 aromatic carbocycles. The fourth-order valence-electron chi connectivity index (χ4n) is 4.59. The normalized spacial score (nSPS) is 18.0. The third-order valence-electron chi connectivity index (χ3n) is 6.06. The van der Waals surface area contributed by atoms with Crippen LogP contribution in [-0.4, -0.2) is 29.8 Å². The zero-order chi connectivity index (χ0) is 17.4. The quantitative estimate of drug-likeness (QED) is 0.576. The molecule has 0 aromatic heterocycles. The van der Waals surface area contributed by atoms with Crippen LogP contribution in [0.15, 0.2) is 30.3 Å². The van der Waals surface area contributed by atoms with Gasteiger partial charge in [0.2, 0.25) is 0 Å². The van der Waals surface area contributed by atoms with Gasteiger partial charge < -0.3 is 4.90 Å². The van der Waals surface area contributed by atoms with Crippen LogP contribution < -0.4 is 0 Å². The Morgan fingerprint density at radius 3 is 2.25 bits per heavy atom. The molecule has 1 saturated carbocycles. The van der Waals surface area contributed by atoms with Crippen LogP contribution in [0.5, 0.6) is 0 Å². The van der Waals surface area contributed by atoms with Crippen LogP contribution in [0.3, 0.4) is 0 Å². The number of ketones is 1. The van der Waals surface area contributed by atoms with Crippen molar-refractivity contribution in [3.05, 3.63) is 35.9 Å². The number of carbonyl (C=O) groups is 1. The molecule has 0 spiro atoms. The fourth-order valence-corrected chi connectivity index (χ4v) is 4.59. The van der Waals surface area contributed by atoms with Crippen molar-refractivity contribution < 1.29 is 4.79 Å². The molecule has 1 unspecified atom stereocenters. The maximum absolute atomic E-state index is 13.1. The molecule has 1 aromatic rings. The summed E-state index contributed by atoms with van der Waals surface area (Å²) in [5, 5.41) is 0. The zero-order valence-corrected chi connectivity index (χ0v) is 15.9. The van der Waals surface area contributed by atoms with Gasteiger partial charge in [0, 0.05) is 12.5 Å². The Hall–Kier alpha value is -1.15. The van der Waals surface area contributed by atoms with Crippen LogP contribution in [0.4, 0.5) is 0 Å². The lowest BCUT2D eigenvalue weighted by Crippen LogP contribution is -2.35. The molecular formula is C22H35NO. The summed E-state index contributed by atoms with van der Waals surface area (Å²) in [5.74, 6) is 0.487. The Morgan fingerprint density at radius 1 is 1.08 bits per heavy atom. The van der Waals surface area contributed by atoms with Gasteiger partial charge in [0.15, 0.2) is 0 Å². The SMILES string of the molecule is CCC(CCCC(=O)C1(c2ccccc2)CCCC1)N(CC)CC. The average Bonchev–Trinajstić information content (AvgIpc) is 3.13. The zero-order valence-electron chi connectivity index (χ0n) is 15.9. The van der Waals surface area contributed by atoms with Crippen molar-refractivity contribution in [3.8, 4) is 0 Å². The highest BCUT2D eigenvalue weighted by Crippen LogP contribution is 2.42. The highest BCUT2D eigenvalue weighted by molar-refractivity contribution is 5.90. The largest absolute Gasteiger partial charge is 0.301 e. The lowest BCUT2D eigenvalue weighted by molar-refractivity contribution is -0.124. The van der Waals surface area contributed by atoms with E-state index in [9.17, 15) is 4.79 Å². The van der Waals surface area contributed by atoms with Gasteiger partial charge in [-0.1, -0.05) is 63.9 Å². The van der Waals surface area contributed by atoms with Gasteiger partial charge >= 0.3 is 0 Å². The Kier molecular flexibility index (Phi) is 7.48. The first-order valence-corrected chi connectivity index (χ1v) is 10.0. The number of hydrogen-bond donors (Lipinski definition) is 0. The Balaban J connectivity index is 1.97. The molecule has 24 heavy (non-hydrogen) atoms. The van der Waals surface area contributed by atoms with Gasteiger partial charge in [-0.3, -0.25) is 4.79 Å². The summed E-state index contributed by atoms with van der Waals surface area (Å²) in [7, 11) is 0. The molecule has 134 valence electrons. The van der Waals surface area contributed by atoms with E-state index >= 15 is 0 Å². The molecule has 0 amide bonds. The molecule has 2 rings (SSSR count). The lowest BCUT2D eigenvalue weighted by Gasteiger charge is -2.30. The second-order valence-corrected chi connectivity index (χ2v) is 7.25. The van der Waals surface area contributed by atoms with E-state index in [1.165, 1.54) is 24.8 Å². The maximum atomic E-state index is 13.1.